The predicted octanol–water partition coefficient (Wildman–Crippen LogP) is 3.88. The lowest BCUT2D eigenvalue weighted by Crippen LogP contribution is -2.57. The number of aromatic nitrogens is 2. The Balaban J connectivity index is 1.80. The quantitative estimate of drug-likeness (QED) is 0.558. The Kier molecular flexibility index (Phi) is 6.04. The van der Waals surface area contributed by atoms with Gasteiger partial charge in [-0.15, -0.1) is 0 Å². The third-order valence-electron chi connectivity index (χ3n) is 5.00. The van der Waals surface area contributed by atoms with Gasteiger partial charge in [0.15, 0.2) is 0 Å². The minimum absolute atomic E-state index is 0.0631. The van der Waals surface area contributed by atoms with Crippen molar-refractivity contribution in [2.24, 2.45) is 0 Å². The van der Waals surface area contributed by atoms with E-state index in [-0.39, 0.29) is 17.7 Å². The molecule has 1 amide bonds. The van der Waals surface area contributed by atoms with E-state index in [2.05, 4.69) is 15.3 Å². The van der Waals surface area contributed by atoms with Crippen molar-refractivity contribution in [3.05, 3.63) is 46.6 Å². The van der Waals surface area contributed by atoms with E-state index in [9.17, 15) is 20.0 Å². The zero-order valence-electron chi connectivity index (χ0n) is 17.3. The van der Waals surface area contributed by atoms with Crippen molar-refractivity contribution >= 4 is 29.2 Å². The van der Waals surface area contributed by atoms with Gasteiger partial charge in [0.25, 0.3) is 5.69 Å². The van der Waals surface area contributed by atoms with E-state index in [1.54, 1.807) is 30.5 Å². The van der Waals surface area contributed by atoms with Gasteiger partial charge in [-0.25, -0.2) is 9.78 Å². The summed E-state index contributed by atoms with van der Waals surface area (Å²) in [6, 6.07) is 7.90. The minimum atomic E-state index is -0.934. The number of nitrogens with zero attached hydrogens (tertiary/aromatic N) is 5. The van der Waals surface area contributed by atoms with Crippen LogP contribution in [0.5, 0.6) is 0 Å². The minimum Gasteiger partial charge on any atom is -0.465 e. The molecule has 3 rings (SSSR count). The highest BCUT2D eigenvalue weighted by Gasteiger charge is 2.36. The number of anilines is 3. The number of rotatable bonds is 5. The zero-order chi connectivity index (χ0) is 21.9. The molecule has 2 heterocycles. The molecular weight excluding hydrogens is 388 g/mol. The molecule has 10 heteroatoms. The van der Waals surface area contributed by atoms with E-state index in [1.807, 2.05) is 25.7 Å². The molecule has 2 aromatic rings. The van der Waals surface area contributed by atoms with Crippen LogP contribution in [0.1, 0.15) is 33.6 Å². The Morgan fingerprint density at radius 1 is 1.33 bits per heavy atom. The number of carboxylic acid groups (broad SMARTS) is 1. The zero-order valence-corrected chi connectivity index (χ0v) is 17.3. The maximum absolute atomic E-state index is 11.8. The van der Waals surface area contributed by atoms with Gasteiger partial charge in [-0.1, -0.05) is 12.1 Å². The van der Waals surface area contributed by atoms with Crippen molar-refractivity contribution in [3.8, 4) is 0 Å². The normalized spacial score (nSPS) is 16.8. The van der Waals surface area contributed by atoms with Crippen LogP contribution in [0, 0.1) is 10.1 Å². The molecule has 1 atom stereocenters. The standard InChI is InChI=1S/C20H26N6O4/c1-20(2,3)25(19(27)28)14-7-6-12-24(13-14)17-10-11-21-18(23-17)22-15-8-4-5-9-16(15)26(29)30/h4-5,8-11,14H,6-7,12-13H2,1-3H3,(H,27,28)(H,21,22,23). The van der Waals surface area contributed by atoms with Crippen molar-refractivity contribution < 1.29 is 14.8 Å². The van der Waals surface area contributed by atoms with Crippen molar-refractivity contribution in [3.63, 3.8) is 0 Å². The van der Waals surface area contributed by atoms with Crippen LogP contribution in [0.3, 0.4) is 0 Å². The van der Waals surface area contributed by atoms with E-state index in [1.165, 1.54) is 11.0 Å². The summed E-state index contributed by atoms with van der Waals surface area (Å²) in [5.41, 5.74) is -0.266. The Bertz CT molecular complexity index is 930. The fourth-order valence-corrected chi connectivity index (χ4v) is 3.81. The number of carbonyl (C=O) groups is 1. The van der Waals surface area contributed by atoms with E-state index in [0.717, 1.165) is 19.4 Å². The molecule has 1 saturated heterocycles. The Morgan fingerprint density at radius 3 is 2.73 bits per heavy atom. The molecular formula is C20H26N6O4. The predicted molar refractivity (Wildman–Crippen MR) is 113 cm³/mol. The summed E-state index contributed by atoms with van der Waals surface area (Å²) in [4.78, 5) is 34.8. The SMILES string of the molecule is CC(C)(C)N(C(=O)O)C1CCCN(c2ccnc(Nc3ccccc3[N+](=O)[O-])n2)C1. The third-order valence-corrected chi connectivity index (χ3v) is 5.00. The molecule has 0 aliphatic carbocycles. The number of nitrogens with one attached hydrogen (secondary N) is 1. The van der Waals surface area contributed by atoms with Gasteiger partial charge >= 0.3 is 6.09 Å². The molecule has 1 fully saturated rings. The molecule has 30 heavy (non-hydrogen) atoms. The maximum Gasteiger partial charge on any atom is 0.408 e. The van der Waals surface area contributed by atoms with Gasteiger partial charge in [-0.3, -0.25) is 15.0 Å². The van der Waals surface area contributed by atoms with E-state index in [4.69, 9.17) is 0 Å². The lowest BCUT2D eigenvalue weighted by atomic mass is 9.97. The first-order valence-electron chi connectivity index (χ1n) is 9.77. The van der Waals surface area contributed by atoms with E-state index < -0.39 is 16.6 Å². The number of hydrogen-bond donors (Lipinski definition) is 2. The van der Waals surface area contributed by atoms with E-state index >= 15 is 0 Å². The van der Waals surface area contributed by atoms with Crippen LogP contribution < -0.4 is 10.2 Å². The number of piperidine rings is 1. The third kappa shape index (κ3) is 4.76. The first kappa shape index (κ1) is 21.3. The van der Waals surface area contributed by atoms with Crippen molar-refractivity contribution in [1.82, 2.24) is 14.9 Å². The number of hydrogen-bond acceptors (Lipinski definition) is 7. The Hall–Kier alpha value is -3.43. The first-order chi connectivity index (χ1) is 14.2. The topological polar surface area (TPSA) is 125 Å². The Morgan fingerprint density at radius 2 is 2.07 bits per heavy atom. The molecule has 1 unspecified atom stereocenters. The second-order valence-electron chi connectivity index (χ2n) is 8.20. The second-order valence-corrected chi connectivity index (χ2v) is 8.20. The summed E-state index contributed by atoms with van der Waals surface area (Å²) in [5, 5.41) is 23.9. The van der Waals surface area contributed by atoms with Crippen molar-refractivity contribution in [1.29, 1.82) is 0 Å². The molecule has 160 valence electrons. The van der Waals surface area contributed by atoms with E-state index in [0.29, 0.717) is 18.1 Å². The van der Waals surface area contributed by atoms with Gasteiger partial charge in [0.05, 0.1) is 11.0 Å². The van der Waals surface area contributed by atoms with Gasteiger partial charge < -0.3 is 15.3 Å². The summed E-state index contributed by atoms with van der Waals surface area (Å²) < 4.78 is 0. The molecule has 1 aliphatic heterocycles. The van der Waals surface area contributed by atoms with Crippen LogP contribution >= 0.6 is 0 Å². The fraction of sp³-hybridized carbons (Fsp3) is 0.450. The lowest BCUT2D eigenvalue weighted by molar-refractivity contribution is -0.383. The highest BCUT2D eigenvalue weighted by Crippen LogP contribution is 2.28. The van der Waals surface area contributed by atoms with Crippen LogP contribution in [0.15, 0.2) is 36.5 Å². The smallest absolute Gasteiger partial charge is 0.408 e. The molecule has 1 aromatic carbocycles. The maximum atomic E-state index is 11.8. The Labute approximate surface area is 174 Å². The van der Waals surface area contributed by atoms with Gasteiger partial charge in [0.2, 0.25) is 5.95 Å². The highest BCUT2D eigenvalue weighted by molar-refractivity contribution is 5.67. The molecule has 2 N–H and O–H groups in total. The summed E-state index contributed by atoms with van der Waals surface area (Å²) in [6.45, 7) is 6.93. The first-order valence-corrected chi connectivity index (χ1v) is 9.77. The van der Waals surface area contributed by atoms with Crippen LogP contribution in [-0.2, 0) is 0 Å². The van der Waals surface area contributed by atoms with Gasteiger partial charge in [-0.2, -0.15) is 4.98 Å². The van der Waals surface area contributed by atoms with Crippen LogP contribution in [0.25, 0.3) is 0 Å². The number of nitro benzene ring substituents is 1. The molecule has 1 aromatic heterocycles. The summed E-state index contributed by atoms with van der Waals surface area (Å²) in [7, 11) is 0. The van der Waals surface area contributed by atoms with Gasteiger partial charge in [-0.05, 0) is 45.7 Å². The molecule has 0 bridgehead atoms. The number of benzene rings is 1. The number of para-hydroxylation sites is 2. The van der Waals surface area contributed by atoms with Crippen LogP contribution in [-0.4, -0.2) is 55.7 Å². The molecule has 0 spiro atoms. The number of amides is 1. The molecule has 1 aliphatic rings. The van der Waals surface area contributed by atoms with Gasteiger partial charge in [0, 0.05) is 30.9 Å². The summed E-state index contributed by atoms with van der Waals surface area (Å²) in [5.74, 6) is 0.893. The van der Waals surface area contributed by atoms with Crippen LogP contribution in [0.4, 0.5) is 27.9 Å². The van der Waals surface area contributed by atoms with Crippen LogP contribution in [0.2, 0.25) is 0 Å². The average molecular weight is 414 g/mol. The molecule has 10 nitrogen and oxygen atoms in total. The fourth-order valence-electron chi connectivity index (χ4n) is 3.81. The van der Waals surface area contributed by atoms with Crippen molar-refractivity contribution in [2.45, 2.75) is 45.2 Å². The number of nitro groups is 1. The largest absolute Gasteiger partial charge is 0.465 e. The highest BCUT2D eigenvalue weighted by atomic mass is 16.6. The van der Waals surface area contributed by atoms with Crippen molar-refractivity contribution in [2.75, 3.05) is 23.3 Å². The average Bonchev–Trinajstić information content (AvgIpc) is 2.67. The lowest BCUT2D eigenvalue weighted by Gasteiger charge is -2.44. The van der Waals surface area contributed by atoms with Gasteiger partial charge in [0.1, 0.15) is 11.5 Å². The monoisotopic (exact) mass is 414 g/mol. The molecule has 0 saturated carbocycles. The second kappa shape index (κ2) is 8.52. The summed E-state index contributed by atoms with van der Waals surface area (Å²) in [6.07, 6.45) is 2.27. The summed E-state index contributed by atoms with van der Waals surface area (Å²) >= 11 is 0. The molecule has 0 radical (unpaired) electrons.